The molecule has 490 valence electrons. The molecule has 8 nitrogen and oxygen atoms in total. The number of aryl methyl sites for hydroxylation is 8. The molecule has 4 aromatic carbocycles. The molecule has 12 aromatic rings. The molecule has 8 heterocycles. The molecule has 0 saturated heterocycles. The van der Waals surface area contributed by atoms with Gasteiger partial charge in [0.05, 0.1) is 22.8 Å². The molecule has 1 fully saturated rings. The highest BCUT2D eigenvalue weighted by molar-refractivity contribution is 5.87. The Morgan fingerprint density at radius 3 is 1.20 bits per heavy atom. The van der Waals surface area contributed by atoms with Crippen molar-refractivity contribution >= 4 is 0 Å². The van der Waals surface area contributed by atoms with E-state index in [0.29, 0.717) is 5.56 Å². The molecular formula is C90H94N8+4. The van der Waals surface area contributed by atoms with Gasteiger partial charge in [0.2, 0.25) is 22.8 Å². The third-order valence-corrected chi connectivity index (χ3v) is 22.4. The van der Waals surface area contributed by atoms with Crippen LogP contribution in [0.4, 0.5) is 0 Å². The first kappa shape index (κ1) is 60.5. The van der Waals surface area contributed by atoms with Crippen LogP contribution in [-0.4, -0.2) is 19.9 Å². The van der Waals surface area contributed by atoms with Gasteiger partial charge >= 0.3 is 0 Å². The summed E-state index contributed by atoms with van der Waals surface area (Å²) in [5.41, 5.74) is 36.9. The molecule has 98 heavy (non-hydrogen) atoms. The van der Waals surface area contributed by atoms with Gasteiger partial charge in [-0.2, -0.15) is 4.57 Å². The summed E-state index contributed by atoms with van der Waals surface area (Å²) >= 11 is 0. The van der Waals surface area contributed by atoms with Gasteiger partial charge in [0.1, 0.15) is 28.2 Å². The first-order valence-corrected chi connectivity index (χ1v) is 34.8. The van der Waals surface area contributed by atoms with E-state index in [1.54, 1.807) is 6.07 Å². The van der Waals surface area contributed by atoms with Crippen molar-refractivity contribution in [3.63, 3.8) is 0 Å². The zero-order valence-corrected chi connectivity index (χ0v) is 60.0. The molecular weight excluding hydrogens is 1190 g/mol. The van der Waals surface area contributed by atoms with Crippen LogP contribution < -0.4 is 18.3 Å². The second-order valence-corrected chi connectivity index (χ2v) is 29.7. The number of hydrogen-bond donors (Lipinski definition) is 0. The molecule has 0 bridgehead atoms. The molecule has 1 atom stereocenters. The Balaban J connectivity index is 0.000000116. The van der Waals surface area contributed by atoms with Crippen molar-refractivity contribution in [3.8, 4) is 89.5 Å². The van der Waals surface area contributed by atoms with Crippen LogP contribution in [0.5, 0.6) is 0 Å². The van der Waals surface area contributed by atoms with E-state index in [1.807, 2.05) is 72.9 Å². The molecule has 8 aromatic heterocycles. The zero-order valence-electron chi connectivity index (χ0n) is 64.0. The maximum Gasteiger partial charge on any atom is 0.212 e. The molecule has 0 amide bonds. The van der Waals surface area contributed by atoms with Crippen LogP contribution in [0.2, 0.25) is 0 Å². The van der Waals surface area contributed by atoms with Gasteiger partial charge in [0.15, 0.2) is 24.3 Å². The quantitative estimate of drug-likeness (QED) is 0.161. The van der Waals surface area contributed by atoms with Gasteiger partial charge in [-0.15, -0.1) is 0 Å². The van der Waals surface area contributed by atoms with Crippen LogP contribution in [-0.2, 0) is 49.9 Å². The lowest BCUT2D eigenvalue weighted by Crippen LogP contribution is -2.34. The van der Waals surface area contributed by atoms with Crippen molar-refractivity contribution in [2.45, 2.75) is 143 Å². The van der Waals surface area contributed by atoms with Crippen molar-refractivity contribution in [1.82, 2.24) is 19.9 Å². The van der Waals surface area contributed by atoms with E-state index in [-0.39, 0.29) is 21.7 Å². The lowest BCUT2D eigenvalue weighted by Gasteiger charge is -2.25. The standard InChI is InChI=1S/C26H29N2.C22H23N2.2C21H21N2/c1-17(2)19-9-13-28(4)24(15-19)21-16-22-20-8-7-12-27-25(20)26(10-5-6-11-26)23(22)14-18(21)3;1-14-12-18-16-9-7-11-23-21(16)22(3,4)19(18)13-17(14)20-10-6-8-15(2)24(20)5;2*1-14-12-17-15-8-7-10-22-20(15)21(2,3)18(17)13-16(14)19-9-5-6-11-23(19)4/h7-9,12-17H,5-6,10-11H2,1-4H3;6-13H,1-5H3;2*5-13H,1-4H3/q4*+1/i1D3,17D;;;. The zero-order chi connectivity index (χ0) is 72.3. The van der Waals surface area contributed by atoms with E-state index in [4.69, 9.17) is 10.5 Å². The van der Waals surface area contributed by atoms with Crippen LogP contribution in [0.25, 0.3) is 89.5 Å². The molecule has 8 heteroatoms. The van der Waals surface area contributed by atoms with Gasteiger partial charge in [-0.3, -0.25) is 19.9 Å². The van der Waals surface area contributed by atoms with Crippen LogP contribution >= 0.6 is 0 Å². The number of benzene rings is 4. The Kier molecular flexibility index (Phi) is 15.3. The highest BCUT2D eigenvalue weighted by Gasteiger charge is 2.47. The molecule has 17 rings (SSSR count). The summed E-state index contributed by atoms with van der Waals surface area (Å²) < 4.78 is 40.7. The number of aromatic nitrogens is 8. The lowest BCUT2D eigenvalue weighted by molar-refractivity contribution is -0.666. The van der Waals surface area contributed by atoms with E-state index in [0.717, 1.165) is 29.7 Å². The van der Waals surface area contributed by atoms with E-state index >= 15 is 0 Å². The van der Waals surface area contributed by atoms with Crippen LogP contribution in [0.1, 0.15) is 171 Å². The fraction of sp³-hybridized carbons (Fsp3) is 0.289. The fourth-order valence-electron chi connectivity index (χ4n) is 16.8. The minimum absolute atomic E-state index is 0.0280. The largest absolute Gasteiger partial charge is 0.260 e. The van der Waals surface area contributed by atoms with Crippen molar-refractivity contribution < 1.29 is 23.8 Å². The van der Waals surface area contributed by atoms with Gasteiger partial charge in [-0.25, -0.2) is 13.7 Å². The van der Waals surface area contributed by atoms with E-state index < -0.39 is 12.7 Å². The second-order valence-electron chi connectivity index (χ2n) is 29.7. The van der Waals surface area contributed by atoms with Gasteiger partial charge in [-0.1, -0.05) is 117 Å². The maximum absolute atomic E-state index is 8.55. The third-order valence-electron chi connectivity index (χ3n) is 22.4. The normalized spacial score (nSPS) is 16.4. The second kappa shape index (κ2) is 24.9. The van der Waals surface area contributed by atoms with Gasteiger partial charge in [0, 0.05) is 152 Å². The van der Waals surface area contributed by atoms with E-state index in [1.165, 1.54) is 165 Å². The van der Waals surface area contributed by atoms with Crippen molar-refractivity contribution in [2.75, 3.05) is 0 Å². The Morgan fingerprint density at radius 2 is 0.755 bits per heavy atom. The molecule has 1 unspecified atom stereocenters. The molecule has 5 aliphatic carbocycles. The molecule has 5 aliphatic rings. The summed E-state index contributed by atoms with van der Waals surface area (Å²) in [7, 11) is 8.31. The van der Waals surface area contributed by atoms with Crippen LogP contribution in [0, 0.1) is 34.6 Å². The van der Waals surface area contributed by atoms with E-state index in [2.05, 4.69) is 266 Å². The Morgan fingerprint density at radius 1 is 0.367 bits per heavy atom. The highest BCUT2D eigenvalue weighted by Crippen LogP contribution is 2.58. The Hall–Kier alpha value is -9.92. The minimum atomic E-state index is -2.41. The monoisotopic (exact) mass is 1290 g/mol. The Labute approximate surface area is 587 Å². The van der Waals surface area contributed by atoms with Crippen molar-refractivity contribution in [3.05, 3.63) is 286 Å². The van der Waals surface area contributed by atoms with Crippen molar-refractivity contribution in [2.24, 2.45) is 28.2 Å². The predicted octanol–water partition coefficient (Wildman–Crippen LogP) is 18.7. The molecule has 1 saturated carbocycles. The number of rotatable bonds is 5. The number of fused-ring (bicyclic) bond motifs is 14. The minimum Gasteiger partial charge on any atom is -0.260 e. The average molecular weight is 1290 g/mol. The SMILES string of the molecule is Cc1cc2c(cc1-c1cccc(C)[n+]1C)C(C)(C)c1ncccc1-2.Cc1cc2c(cc1-c1cccc[n+]1C)C(C)(C)c1ncccc1-2.Cc1cc2c(cc1-c1cccc[n+]1C)C(C)(C)c1ncccc1-2.[2H]C([2H])([2H])C([2H])(C)c1cc[n+](C)c(-c2cc3c(cc2C)C2(CCCC2)c2ncccc2-3)c1. The third kappa shape index (κ3) is 10.8. The summed E-state index contributed by atoms with van der Waals surface area (Å²) in [6.07, 6.45) is 18.4. The molecule has 0 N–H and O–H groups in total. The fourth-order valence-corrected chi connectivity index (χ4v) is 16.8. The number of hydrogen-bond acceptors (Lipinski definition) is 4. The average Bonchev–Trinajstić information content (AvgIpc) is 1.59. The van der Waals surface area contributed by atoms with Crippen molar-refractivity contribution in [1.29, 1.82) is 0 Å². The highest BCUT2D eigenvalue weighted by atomic mass is 14.9. The van der Waals surface area contributed by atoms with Crippen LogP contribution in [0.3, 0.4) is 0 Å². The van der Waals surface area contributed by atoms with Crippen LogP contribution in [0.15, 0.2) is 207 Å². The van der Waals surface area contributed by atoms with Gasteiger partial charge < -0.3 is 0 Å². The topological polar surface area (TPSA) is 67.1 Å². The summed E-state index contributed by atoms with van der Waals surface area (Å²) in [5, 5.41) is 0. The lowest BCUT2D eigenvalue weighted by atomic mass is 9.78. The van der Waals surface area contributed by atoms with Gasteiger partial charge in [0.25, 0.3) is 0 Å². The number of pyridine rings is 8. The predicted molar refractivity (Wildman–Crippen MR) is 399 cm³/mol. The Bertz CT molecular complexity index is 5210. The summed E-state index contributed by atoms with van der Waals surface area (Å²) in [6, 6.07) is 58.4. The molecule has 0 radical (unpaired) electrons. The summed E-state index contributed by atoms with van der Waals surface area (Å²) in [4.78, 5) is 18.9. The van der Waals surface area contributed by atoms with Gasteiger partial charge in [-0.05, 0) is 185 Å². The molecule has 1 spiro atoms. The summed E-state index contributed by atoms with van der Waals surface area (Å²) in [6.45, 7) is 23.6. The summed E-state index contributed by atoms with van der Waals surface area (Å²) in [5.74, 6) is -1.68. The number of nitrogens with zero attached hydrogens (tertiary/aromatic N) is 8. The first-order chi connectivity index (χ1) is 48.5. The maximum atomic E-state index is 8.55. The first-order valence-electron chi connectivity index (χ1n) is 36.8. The molecule has 0 aliphatic heterocycles. The smallest absolute Gasteiger partial charge is 0.212 e. The van der Waals surface area contributed by atoms with E-state index in [9.17, 15) is 0 Å².